The van der Waals surface area contributed by atoms with Gasteiger partial charge in [0.25, 0.3) is 0 Å². The van der Waals surface area contributed by atoms with Gasteiger partial charge in [-0.05, 0) is 60.9 Å². The summed E-state index contributed by atoms with van der Waals surface area (Å²) in [6.07, 6.45) is 1.79. The Kier molecular flexibility index (Phi) is 6.91. The molecule has 0 bridgehead atoms. The highest BCUT2D eigenvalue weighted by atomic mass is 32.2. The van der Waals surface area contributed by atoms with Crippen molar-refractivity contribution in [2.75, 3.05) is 18.4 Å². The molecule has 34 heavy (non-hydrogen) atoms. The van der Waals surface area contributed by atoms with Crippen LogP contribution in [0, 0.1) is 17.1 Å². The van der Waals surface area contributed by atoms with Crippen molar-refractivity contribution in [2.45, 2.75) is 24.2 Å². The number of nitriles is 1. The number of halogens is 1. The second kappa shape index (κ2) is 10.0. The maximum Gasteiger partial charge on any atom is 0.417 e. The maximum absolute atomic E-state index is 15.0. The van der Waals surface area contributed by atoms with Gasteiger partial charge in [-0.2, -0.15) is 9.57 Å². The number of rotatable bonds is 5. The molecule has 1 aliphatic rings. The topological polar surface area (TPSA) is 99.5 Å². The van der Waals surface area contributed by atoms with Crippen LogP contribution in [0.4, 0.5) is 14.9 Å². The summed E-state index contributed by atoms with van der Waals surface area (Å²) in [5, 5.41) is 11.4. The molecule has 0 aliphatic carbocycles. The predicted molar refractivity (Wildman–Crippen MR) is 125 cm³/mol. The highest BCUT2D eigenvalue weighted by molar-refractivity contribution is 7.89. The first-order valence-corrected chi connectivity index (χ1v) is 12.2. The van der Waals surface area contributed by atoms with Crippen molar-refractivity contribution in [2.24, 2.45) is 0 Å². The van der Waals surface area contributed by atoms with Gasteiger partial charge in [0, 0.05) is 24.3 Å². The minimum Gasteiger partial charge on any atom is -0.407 e. The van der Waals surface area contributed by atoms with E-state index in [0.29, 0.717) is 29.9 Å². The quantitative estimate of drug-likeness (QED) is 0.546. The molecule has 0 unspecified atom stereocenters. The number of carbonyl (C=O) groups is 1. The standard InChI is InChI=1S/C25H22FN3O4S/c26-24-22(19-9-7-18(17-27)8-10-19)5-4-6-23(24)33-25(30)28-20-11-13-21(14-12-20)34(31,32)29-15-2-1-3-16-29/h4-14H,1-3,15-16H2,(H,28,30). The average molecular weight is 480 g/mol. The van der Waals surface area contributed by atoms with Crippen LogP contribution >= 0.6 is 0 Å². The Morgan fingerprint density at radius 1 is 0.971 bits per heavy atom. The molecule has 9 heteroatoms. The first kappa shape index (κ1) is 23.4. The van der Waals surface area contributed by atoms with E-state index in [2.05, 4.69) is 5.32 Å². The first-order valence-electron chi connectivity index (χ1n) is 10.8. The molecular formula is C25H22FN3O4S. The zero-order valence-corrected chi connectivity index (χ0v) is 19.0. The highest BCUT2D eigenvalue weighted by Crippen LogP contribution is 2.30. The van der Waals surface area contributed by atoms with Crippen LogP contribution in [0.2, 0.25) is 0 Å². The van der Waals surface area contributed by atoms with Crippen molar-refractivity contribution < 1.29 is 22.3 Å². The van der Waals surface area contributed by atoms with Gasteiger partial charge in [0.2, 0.25) is 10.0 Å². The van der Waals surface area contributed by atoms with Crippen molar-refractivity contribution in [3.8, 4) is 22.9 Å². The Morgan fingerprint density at radius 2 is 1.65 bits per heavy atom. The number of nitrogens with one attached hydrogen (secondary N) is 1. The van der Waals surface area contributed by atoms with E-state index in [0.717, 1.165) is 19.3 Å². The number of ether oxygens (including phenoxy) is 1. The lowest BCUT2D eigenvalue weighted by Crippen LogP contribution is -2.35. The minimum atomic E-state index is -3.58. The fraction of sp³-hybridized carbons (Fsp3) is 0.200. The SMILES string of the molecule is N#Cc1ccc(-c2cccc(OC(=O)Nc3ccc(S(=O)(=O)N4CCCCC4)cc3)c2F)cc1. The van der Waals surface area contributed by atoms with E-state index in [4.69, 9.17) is 10.00 Å². The third-order valence-electron chi connectivity index (χ3n) is 5.54. The van der Waals surface area contributed by atoms with Crippen LogP contribution in [0.3, 0.4) is 0 Å². The van der Waals surface area contributed by atoms with Crippen LogP contribution < -0.4 is 10.1 Å². The molecular weight excluding hydrogens is 457 g/mol. The predicted octanol–water partition coefficient (Wildman–Crippen LogP) is 5.15. The molecule has 1 saturated heterocycles. The van der Waals surface area contributed by atoms with Gasteiger partial charge >= 0.3 is 6.09 Å². The number of piperidine rings is 1. The Bertz CT molecular complexity index is 1330. The van der Waals surface area contributed by atoms with Crippen LogP contribution in [0.25, 0.3) is 11.1 Å². The van der Waals surface area contributed by atoms with E-state index in [1.807, 2.05) is 6.07 Å². The van der Waals surface area contributed by atoms with Crippen LogP contribution in [0.1, 0.15) is 24.8 Å². The molecule has 3 aromatic carbocycles. The number of anilines is 1. The molecule has 0 radical (unpaired) electrons. The Morgan fingerprint density at radius 3 is 2.29 bits per heavy atom. The number of nitrogens with zero attached hydrogens (tertiary/aromatic N) is 2. The van der Waals surface area contributed by atoms with Crippen LogP contribution in [0.5, 0.6) is 5.75 Å². The van der Waals surface area contributed by atoms with Gasteiger partial charge in [-0.3, -0.25) is 5.32 Å². The summed E-state index contributed by atoms with van der Waals surface area (Å²) in [7, 11) is -3.58. The molecule has 0 spiro atoms. The lowest BCUT2D eigenvalue weighted by molar-refractivity contribution is 0.213. The lowest BCUT2D eigenvalue weighted by Gasteiger charge is -2.25. The third-order valence-corrected chi connectivity index (χ3v) is 7.46. The summed E-state index contributed by atoms with van der Waals surface area (Å²) < 4.78 is 47.1. The molecule has 0 atom stereocenters. The van der Waals surface area contributed by atoms with Crippen molar-refractivity contribution in [3.05, 3.63) is 78.1 Å². The first-order chi connectivity index (χ1) is 16.4. The van der Waals surface area contributed by atoms with Crippen molar-refractivity contribution in [3.63, 3.8) is 0 Å². The molecule has 3 aromatic rings. The van der Waals surface area contributed by atoms with E-state index >= 15 is 0 Å². The van der Waals surface area contributed by atoms with Crippen LogP contribution in [-0.2, 0) is 10.0 Å². The maximum atomic E-state index is 15.0. The molecule has 0 aromatic heterocycles. The van der Waals surface area contributed by atoms with Gasteiger partial charge in [-0.15, -0.1) is 0 Å². The summed E-state index contributed by atoms with van der Waals surface area (Å²) in [5.74, 6) is -0.978. The van der Waals surface area contributed by atoms with Gasteiger partial charge in [-0.1, -0.05) is 30.7 Å². The normalized spacial score (nSPS) is 14.2. The Balaban J connectivity index is 1.44. The summed E-state index contributed by atoms with van der Waals surface area (Å²) >= 11 is 0. The monoisotopic (exact) mass is 479 g/mol. The van der Waals surface area contributed by atoms with Gasteiger partial charge in [-0.25, -0.2) is 17.6 Å². The molecule has 1 fully saturated rings. The summed E-state index contributed by atoms with van der Waals surface area (Å²) in [6, 6.07) is 18.6. The van der Waals surface area contributed by atoms with E-state index in [1.165, 1.54) is 34.6 Å². The number of hydrogen-bond acceptors (Lipinski definition) is 5. The summed E-state index contributed by atoms with van der Waals surface area (Å²) in [6.45, 7) is 1.00. The highest BCUT2D eigenvalue weighted by Gasteiger charge is 2.25. The average Bonchev–Trinajstić information content (AvgIpc) is 2.86. The lowest BCUT2D eigenvalue weighted by atomic mass is 10.0. The minimum absolute atomic E-state index is 0.148. The number of amides is 1. The van der Waals surface area contributed by atoms with Gasteiger partial charge in [0.15, 0.2) is 11.6 Å². The van der Waals surface area contributed by atoms with E-state index in [-0.39, 0.29) is 16.2 Å². The number of carbonyl (C=O) groups excluding carboxylic acids is 1. The van der Waals surface area contributed by atoms with Crippen molar-refractivity contribution >= 4 is 21.8 Å². The van der Waals surface area contributed by atoms with Gasteiger partial charge in [0.05, 0.1) is 16.5 Å². The zero-order valence-electron chi connectivity index (χ0n) is 18.2. The second-order valence-electron chi connectivity index (χ2n) is 7.81. The molecule has 0 saturated carbocycles. The summed E-state index contributed by atoms with van der Waals surface area (Å²) in [4.78, 5) is 12.5. The van der Waals surface area contributed by atoms with Crippen molar-refractivity contribution in [1.82, 2.24) is 4.31 Å². The number of benzene rings is 3. The molecule has 1 aliphatic heterocycles. The van der Waals surface area contributed by atoms with Crippen LogP contribution in [-0.4, -0.2) is 31.9 Å². The molecule has 1 N–H and O–H groups in total. The molecule has 174 valence electrons. The second-order valence-corrected chi connectivity index (χ2v) is 9.75. The molecule has 1 amide bonds. The van der Waals surface area contributed by atoms with Gasteiger partial charge < -0.3 is 4.74 Å². The number of hydrogen-bond donors (Lipinski definition) is 1. The van der Waals surface area contributed by atoms with E-state index in [1.54, 1.807) is 36.4 Å². The molecule has 1 heterocycles. The number of sulfonamides is 1. The van der Waals surface area contributed by atoms with Crippen molar-refractivity contribution in [1.29, 1.82) is 5.26 Å². The van der Waals surface area contributed by atoms with Crippen LogP contribution in [0.15, 0.2) is 71.6 Å². The Labute approximate surface area is 197 Å². The fourth-order valence-electron chi connectivity index (χ4n) is 3.74. The molecule has 7 nitrogen and oxygen atoms in total. The smallest absolute Gasteiger partial charge is 0.407 e. The largest absolute Gasteiger partial charge is 0.417 e. The third kappa shape index (κ3) is 5.09. The fourth-order valence-corrected chi connectivity index (χ4v) is 5.26. The summed E-state index contributed by atoms with van der Waals surface area (Å²) in [5.41, 5.74) is 1.52. The zero-order chi connectivity index (χ0) is 24.1. The van der Waals surface area contributed by atoms with E-state index in [9.17, 15) is 17.6 Å². The molecule has 4 rings (SSSR count). The van der Waals surface area contributed by atoms with Gasteiger partial charge in [0.1, 0.15) is 0 Å². The van der Waals surface area contributed by atoms with E-state index < -0.39 is 21.9 Å². The Hall–Kier alpha value is -3.74.